The third kappa shape index (κ3) is 4.78. The third-order valence-electron chi connectivity index (χ3n) is 4.23. The second-order valence-electron chi connectivity index (χ2n) is 6.09. The first-order valence-corrected chi connectivity index (χ1v) is 9.37. The van der Waals surface area contributed by atoms with E-state index >= 15 is 0 Å². The minimum atomic E-state index is -0.523. The first kappa shape index (κ1) is 20.9. The van der Waals surface area contributed by atoms with Crippen LogP contribution in [0.4, 0.5) is 21.0 Å². The highest BCUT2D eigenvalue weighted by Crippen LogP contribution is 2.34. The van der Waals surface area contributed by atoms with Crippen molar-refractivity contribution in [3.63, 3.8) is 0 Å². The molecule has 3 rings (SSSR count). The molecule has 10 heteroatoms. The summed E-state index contributed by atoms with van der Waals surface area (Å²) in [6.07, 6.45) is -1.04. The average molecular weight is 440 g/mol. The largest absolute Gasteiger partial charge is 0.493 e. The van der Waals surface area contributed by atoms with E-state index < -0.39 is 18.2 Å². The number of para-hydroxylation sites is 1. The van der Waals surface area contributed by atoms with Gasteiger partial charge in [0.2, 0.25) is 0 Å². The quantitative estimate of drug-likeness (QED) is 0.705. The Hall–Kier alpha value is -2.84. The molecule has 1 atom stereocenters. The van der Waals surface area contributed by atoms with Gasteiger partial charge in [0.05, 0.1) is 43.0 Å². The summed E-state index contributed by atoms with van der Waals surface area (Å²) in [6.45, 7) is 0.390. The molecule has 0 aliphatic carbocycles. The molecule has 1 aliphatic rings. The van der Waals surface area contributed by atoms with Crippen molar-refractivity contribution in [2.45, 2.75) is 6.10 Å². The number of benzene rings is 2. The molecular formula is C19H19Cl2N3O5. The van der Waals surface area contributed by atoms with Crippen LogP contribution >= 0.6 is 23.2 Å². The Morgan fingerprint density at radius 3 is 2.69 bits per heavy atom. The van der Waals surface area contributed by atoms with Crippen molar-refractivity contribution in [3.8, 4) is 11.5 Å². The topological polar surface area (TPSA) is 89.1 Å². The summed E-state index contributed by atoms with van der Waals surface area (Å²) in [5.41, 5.74) is 1.02. The molecule has 8 nitrogen and oxygen atoms in total. The summed E-state index contributed by atoms with van der Waals surface area (Å²) in [7, 11) is 2.99. The Balaban J connectivity index is 1.57. The van der Waals surface area contributed by atoms with Gasteiger partial charge in [-0.25, -0.2) is 9.59 Å². The number of carbonyl (C=O) groups is 2. The van der Waals surface area contributed by atoms with Crippen LogP contribution in [0.25, 0.3) is 0 Å². The summed E-state index contributed by atoms with van der Waals surface area (Å²) < 4.78 is 15.8. The van der Waals surface area contributed by atoms with Gasteiger partial charge in [-0.2, -0.15) is 0 Å². The zero-order chi connectivity index (χ0) is 21.0. The Morgan fingerprint density at radius 2 is 2.00 bits per heavy atom. The van der Waals surface area contributed by atoms with Crippen molar-refractivity contribution < 1.29 is 23.8 Å². The van der Waals surface area contributed by atoms with Gasteiger partial charge in [0, 0.05) is 5.69 Å². The molecule has 0 saturated carbocycles. The standard InChI is InChI=1S/C19H19Cl2N3O5/c1-27-16-5-3-4-15(17(16)28-2)23-18(25)22-9-12-10-24(19(26)29-12)11-6-7-13(20)14(21)8-11/h3-8,12H,9-10H2,1-2H3,(H2,22,23,25). The molecule has 1 unspecified atom stereocenters. The molecule has 0 spiro atoms. The number of halogens is 2. The number of nitrogens with zero attached hydrogens (tertiary/aromatic N) is 1. The Bertz CT molecular complexity index is 925. The van der Waals surface area contributed by atoms with Crippen molar-refractivity contribution in [3.05, 3.63) is 46.4 Å². The zero-order valence-electron chi connectivity index (χ0n) is 15.7. The number of rotatable bonds is 6. The van der Waals surface area contributed by atoms with E-state index in [0.29, 0.717) is 32.9 Å². The maximum atomic E-state index is 12.2. The first-order valence-electron chi connectivity index (χ1n) is 8.62. The summed E-state index contributed by atoms with van der Waals surface area (Å²) in [5, 5.41) is 6.10. The molecule has 29 heavy (non-hydrogen) atoms. The lowest BCUT2D eigenvalue weighted by Crippen LogP contribution is -2.37. The van der Waals surface area contributed by atoms with Crippen molar-refractivity contribution in [2.24, 2.45) is 0 Å². The minimum Gasteiger partial charge on any atom is -0.493 e. The minimum absolute atomic E-state index is 0.127. The molecular weight excluding hydrogens is 421 g/mol. The van der Waals surface area contributed by atoms with Crippen LogP contribution in [0.5, 0.6) is 11.5 Å². The molecule has 1 aliphatic heterocycles. The number of amides is 3. The maximum absolute atomic E-state index is 12.2. The lowest BCUT2D eigenvalue weighted by molar-refractivity contribution is 0.141. The van der Waals surface area contributed by atoms with E-state index in [9.17, 15) is 9.59 Å². The number of cyclic esters (lactones) is 1. The van der Waals surface area contributed by atoms with E-state index in [2.05, 4.69) is 10.6 Å². The second kappa shape index (κ2) is 9.11. The number of carbonyl (C=O) groups excluding carboxylic acids is 2. The second-order valence-corrected chi connectivity index (χ2v) is 6.91. The van der Waals surface area contributed by atoms with Crippen molar-refractivity contribution in [1.29, 1.82) is 0 Å². The molecule has 154 valence electrons. The number of nitrogens with one attached hydrogen (secondary N) is 2. The van der Waals surface area contributed by atoms with Gasteiger partial charge in [0.1, 0.15) is 6.10 Å². The Labute approximate surface area is 177 Å². The fraction of sp³-hybridized carbons (Fsp3) is 0.263. The van der Waals surface area contributed by atoms with Crippen LogP contribution in [0.15, 0.2) is 36.4 Å². The fourth-order valence-corrected chi connectivity index (χ4v) is 3.14. The van der Waals surface area contributed by atoms with Crippen molar-refractivity contribution >= 4 is 46.7 Å². The molecule has 3 amide bonds. The van der Waals surface area contributed by atoms with Crippen LogP contribution in [-0.4, -0.2) is 45.5 Å². The van der Waals surface area contributed by atoms with Gasteiger partial charge >= 0.3 is 12.1 Å². The lowest BCUT2D eigenvalue weighted by atomic mass is 10.2. The van der Waals surface area contributed by atoms with E-state index in [0.717, 1.165) is 0 Å². The molecule has 2 aromatic rings. The number of urea groups is 1. The summed E-state index contributed by atoms with van der Waals surface area (Å²) >= 11 is 11.9. The van der Waals surface area contributed by atoms with Crippen LogP contribution in [0.3, 0.4) is 0 Å². The summed E-state index contributed by atoms with van der Waals surface area (Å²) in [6, 6.07) is 9.52. The van der Waals surface area contributed by atoms with Crippen LogP contribution in [0.2, 0.25) is 10.0 Å². The molecule has 0 aromatic heterocycles. The van der Waals surface area contributed by atoms with E-state index in [-0.39, 0.29) is 13.1 Å². The van der Waals surface area contributed by atoms with Gasteiger partial charge < -0.3 is 24.8 Å². The average Bonchev–Trinajstić information content (AvgIpc) is 3.09. The molecule has 1 saturated heterocycles. The van der Waals surface area contributed by atoms with E-state index in [1.165, 1.54) is 19.1 Å². The highest BCUT2D eigenvalue weighted by Gasteiger charge is 2.32. The number of methoxy groups -OCH3 is 2. The van der Waals surface area contributed by atoms with Crippen molar-refractivity contribution in [2.75, 3.05) is 37.5 Å². The molecule has 2 aromatic carbocycles. The number of hydrogen-bond donors (Lipinski definition) is 2. The van der Waals surface area contributed by atoms with Gasteiger partial charge in [-0.3, -0.25) is 4.90 Å². The number of ether oxygens (including phenoxy) is 3. The van der Waals surface area contributed by atoms with Gasteiger partial charge in [0.15, 0.2) is 11.5 Å². The number of anilines is 2. The third-order valence-corrected chi connectivity index (χ3v) is 4.97. The van der Waals surface area contributed by atoms with Crippen LogP contribution in [0, 0.1) is 0 Å². The fourth-order valence-electron chi connectivity index (χ4n) is 2.85. The zero-order valence-corrected chi connectivity index (χ0v) is 17.2. The normalized spacial score (nSPS) is 15.7. The molecule has 2 N–H and O–H groups in total. The highest BCUT2D eigenvalue weighted by molar-refractivity contribution is 6.42. The predicted molar refractivity (Wildman–Crippen MR) is 111 cm³/mol. The van der Waals surface area contributed by atoms with Gasteiger partial charge in [-0.15, -0.1) is 0 Å². The van der Waals surface area contributed by atoms with Gasteiger partial charge in [-0.05, 0) is 30.3 Å². The maximum Gasteiger partial charge on any atom is 0.414 e. The molecule has 0 radical (unpaired) electrons. The summed E-state index contributed by atoms with van der Waals surface area (Å²) in [4.78, 5) is 25.8. The van der Waals surface area contributed by atoms with Crippen LogP contribution < -0.4 is 25.0 Å². The molecule has 1 heterocycles. The monoisotopic (exact) mass is 439 g/mol. The Morgan fingerprint density at radius 1 is 1.21 bits per heavy atom. The number of hydrogen-bond acceptors (Lipinski definition) is 5. The first-order chi connectivity index (χ1) is 13.9. The van der Waals surface area contributed by atoms with E-state index in [1.54, 1.807) is 36.4 Å². The SMILES string of the molecule is COc1cccc(NC(=O)NCC2CN(c3ccc(Cl)c(Cl)c3)C(=O)O2)c1OC. The predicted octanol–water partition coefficient (Wildman–Crippen LogP) is 4.16. The van der Waals surface area contributed by atoms with Crippen LogP contribution in [0.1, 0.15) is 0 Å². The highest BCUT2D eigenvalue weighted by atomic mass is 35.5. The molecule has 1 fully saturated rings. The van der Waals surface area contributed by atoms with Crippen molar-refractivity contribution in [1.82, 2.24) is 5.32 Å². The van der Waals surface area contributed by atoms with Gasteiger partial charge in [-0.1, -0.05) is 29.3 Å². The van der Waals surface area contributed by atoms with Crippen LogP contribution in [-0.2, 0) is 4.74 Å². The molecule has 0 bridgehead atoms. The van der Waals surface area contributed by atoms with Gasteiger partial charge in [0.25, 0.3) is 0 Å². The smallest absolute Gasteiger partial charge is 0.414 e. The lowest BCUT2D eigenvalue weighted by Gasteiger charge is -2.15. The van der Waals surface area contributed by atoms with E-state index in [4.69, 9.17) is 37.4 Å². The Kier molecular flexibility index (Phi) is 6.56. The summed E-state index contributed by atoms with van der Waals surface area (Å²) in [5.74, 6) is 0.899. The van der Waals surface area contributed by atoms with E-state index in [1.807, 2.05) is 0 Å².